The number of hydrogen-bond donors (Lipinski definition) is 1. The summed E-state index contributed by atoms with van der Waals surface area (Å²) in [6.07, 6.45) is -3.30. The van der Waals surface area contributed by atoms with Crippen molar-refractivity contribution in [3.05, 3.63) is 59.4 Å². The SMILES string of the molecule is Cc1cc(C(F)(F)F)n(CC(=O)Nc2ncn(Cc3cccc(F)c3)n2)n1. The summed E-state index contributed by atoms with van der Waals surface area (Å²) in [5, 5.41) is 9.99. The number of aryl methyl sites for hydroxylation is 1. The molecule has 3 rings (SSSR count). The van der Waals surface area contributed by atoms with Crippen molar-refractivity contribution in [2.45, 2.75) is 26.2 Å². The van der Waals surface area contributed by atoms with Crippen LogP contribution in [0.3, 0.4) is 0 Å². The first-order valence-corrected chi connectivity index (χ1v) is 7.76. The molecule has 1 N–H and O–H groups in total. The molecule has 11 heteroatoms. The lowest BCUT2D eigenvalue weighted by molar-refractivity contribution is -0.144. The van der Waals surface area contributed by atoms with Crippen molar-refractivity contribution < 1.29 is 22.4 Å². The van der Waals surface area contributed by atoms with Crippen molar-refractivity contribution >= 4 is 11.9 Å². The Morgan fingerprint density at radius 3 is 2.70 bits per heavy atom. The molecule has 1 amide bonds. The Labute approximate surface area is 150 Å². The summed E-state index contributed by atoms with van der Waals surface area (Å²) in [6, 6.07) is 6.75. The fourth-order valence-electron chi connectivity index (χ4n) is 2.44. The van der Waals surface area contributed by atoms with Gasteiger partial charge in [0.1, 0.15) is 24.4 Å². The van der Waals surface area contributed by atoms with Crippen LogP contribution in [-0.2, 0) is 24.1 Å². The van der Waals surface area contributed by atoms with Gasteiger partial charge in [-0.3, -0.25) is 14.8 Å². The van der Waals surface area contributed by atoms with E-state index in [0.717, 1.165) is 6.07 Å². The average molecular weight is 382 g/mol. The van der Waals surface area contributed by atoms with Gasteiger partial charge in [0, 0.05) is 0 Å². The Morgan fingerprint density at radius 1 is 1.22 bits per heavy atom. The molecule has 27 heavy (non-hydrogen) atoms. The average Bonchev–Trinajstić information content (AvgIpc) is 3.13. The maximum Gasteiger partial charge on any atom is 0.433 e. The van der Waals surface area contributed by atoms with E-state index in [2.05, 4.69) is 20.5 Å². The number of rotatable bonds is 5. The number of anilines is 1. The fourth-order valence-corrected chi connectivity index (χ4v) is 2.44. The second-order valence-electron chi connectivity index (χ2n) is 5.77. The summed E-state index contributed by atoms with van der Waals surface area (Å²) in [7, 11) is 0. The summed E-state index contributed by atoms with van der Waals surface area (Å²) in [5.74, 6) is -1.22. The standard InChI is InChI=1S/C16H14F4N6O/c1-10-5-13(16(18,19)20)26(23-10)8-14(27)22-15-21-9-25(24-15)7-11-3-2-4-12(17)6-11/h2-6,9H,7-8H2,1H3,(H,22,24,27). The molecule has 0 atom stereocenters. The molecule has 1 aromatic carbocycles. The maximum absolute atomic E-state index is 13.2. The molecule has 0 unspecified atom stereocenters. The summed E-state index contributed by atoms with van der Waals surface area (Å²) in [5.41, 5.74) is -0.230. The third-order valence-electron chi connectivity index (χ3n) is 3.51. The highest BCUT2D eigenvalue weighted by Gasteiger charge is 2.35. The molecule has 2 heterocycles. The number of halogens is 4. The molecule has 0 saturated carbocycles. The van der Waals surface area contributed by atoms with Gasteiger partial charge in [-0.2, -0.15) is 18.3 Å². The minimum absolute atomic E-state index is 0.0751. The number of carbonyl (C=O) groups excluding carboxylic acids is 1. The van der Waals surface area contributed by atoms with Gasteiger partial charge < -0.3 is 0 Å². The smallest absolute Gasteiger partial charge is 0.292 e. The molecule has 0 aliphatic rings. The molecule has 0 aliphatic heterocycles. The second kappa shape index (κ2) is 7.17. The molecular weight excluding hydrogens is 368 g/mol. The highest BCUT2D eigenvalue weighted by Crippen LogP contribution is 2.29. The lowest BCUT2D eigenvalue weighted by Gasteiger charge is -2.09. The minimum Gasteiger partial charge on any atom is -0.292 e. The number of amides is 1. The molecule has 0 fully saturated rings. The molecule has 2 aromatic heterocycles. The predicted octanol–water partition coefficient (Wildman–Crippen LogP) is 2.63. The molecule has 0 saturated heterocycles. The number of alkyl halides is 3. The molecule has 0 spiro atoms. The lowest BCUT2D eigenvalue weighted by atomic mass is 10.2. The second-order valence-corrected chi connectivity index (χ2v) is 5.77. The van der Waals surface area contributed by atoms with Crippen molar-refractivity contribution in [2.24, 2.45) is 0 Å². The normalized spacial score (nSPS) is 11.6. The van der Waals surface area contributed by atoms with E-state index in [0.29, 0.717) is 10.2 Å². The molecule has 0 aliphatic carbocycles. The first-order valence-electron chi connectivity index (χ1n) is 7.76. The molecule has 0 radical (unpaired) electrons. The first kappa shape index (κ1) is 18.5. The van der Waals surface area contributed by atoms with Crippen molar-refractivity contribution in [3.63, 3.8) is 0 Å². The first-order chi connectivity index (χ1) is 12.7. The van der Waals surface area contributed by atoms with Crippen LogP contribution in [0.1, 0.15) is 17.0 Å². The van der Waals surface area contributed by atoms with E-state index in [4.69, 9.17) is 0 Å². The van der Waals surface area contributed by atoms with Crippen LogP contribution >= 0.6 is 0 Å². The Bertz CT molecular complexity index is 962. The molecule has 0 bridgehead atoms. The molecule has 142 valence electrons. The fraction of sp³-hybridized carbons (Fsp3) is 0.250. The maximum atomic E-state index is 13.2. The Morgan fingerprint density at radius 2 is 2.00 bits per heavy atom. The Hall–Kier alpha value is -3.24. The van der Waals surface area contributed by atoms with Crippen molar-refractivity contribution in [1.29, 1.82) is 0 Å². The van der Waals surface area contributed by atoms with Gasteiger partial charge in [0.05, 0.1) is 12.2 Å². The van der Waals surface area contributed by atoms with Gasteiger partial charge in [0.25, 0.3) is 0 Å². The zero-order valence-electron chi connectivity index (χ0n) is 14.0. The topological polar surface area (TPSA) is 77.6 Å². The van der Waals surface area contributed by atoms with E-state index in [9.17, 15) is 22.4 Å². The van der Waals surface area contributed by atoms with Crippen LogP contribution in [-0.4, -0.2) is 30.5 Å². The largest absolute Gasteiger partial charge is 0.433 e. The monoisotopic (exact) mass is 382 g/mol. The summed E-state index contributed by atoms with van der Waals surface area (Å²) in [6.45, 7) is 0.984. The summed E-state index contributed by atoms with van der Waals surface area (Å²) >= 11 is 0. The quantitative estimate of drug-likeness (QED) is 0.689. The number of nitrogens with one attached hydrogen (secondary N) is 1. The summed E-state index contributed by atoms with van der Waals surface area (Å²) in [4.78, 5) is 15.9. The van der Waals surface area contributed by atoms with Gasteiger partial charge in [0.2, 0.25) is 11.9 Å². The minimum atomic E-state index is -4.62. The number of carbonyl (C=O) groups is 1. The van der Waals surface area contributed by atoms with Crippen LogP contribution < -0.4 is 5.32 Å². The van der Waals surface area contributed by atoms with E-state index in [1.54, 1.807) is 12.1 Å². The van der Waals surface area contributed by atoms with Gasteiger partial charge in [-0.15, -0.1) is 5.10 Å². The highest BCUT2D eigenvalue weighted by atomic mass is 19.4. The Balaban J connectivity index is 1.65. The predicted molar refractivity (Wildman–Crippen MR) is 86.1 cm³/mol. The molecule has 3 aromatic rings. The third kappa shape index (κ3) is 4.68. The van der Waals surface area contributed by atoms with Crippen molar-refractivity contribution in [1.82, 2.24) is 24.5 Å². The van der Waals surface area contributed by atoms with E-state index in [1.165, 1.54) is 30.1 Å². The zero-order chi connectivity index (χ0) is 19.6. The molecular formula is C16H14F4N6O. The number of nitrogens with zero attached hydrogens (tertiary/aromatic N) is 5. The van der Waals surface area contributed by atoms with Crippen LogP contribution in [0.5, 0.6) is 0 Å². The van der Waals surface area contributed by atoms with Crippen LogP contribution in [0, 0.1) is 12.7 Å². The van der Waals surface area contributed by atoms with E-state index < -0.39 is 30.1 Å². The van der Waals surface area contributed by atoms with Crippen molar-refractivity contribution in [2.75, 3.05) is 5.32 Å². The van der Waals surface area contributed by atoms with E-state index in [1.807, 2.05) is 0 Å². The third-order valence-corrected chi connectivity index (χ3v) is 3.51. The van der Waals surface area contributed by atoms with Crippen LogP contribution in [0.15, 0.2) is 36.7 Å². The van der Waals surface area contributed by atoms with Gasteiger partial charge in [-0.1, -0.05) is 12.1 Å². The molecule has 7 nitrogen and oxygen atoms in total. The van der Waals surface area contributed by atoms with Crippen LogP contribution in [0.2, 0.25) is 0 Å². The van der Waals surface area contributed by atoms with E-state index in [-0.39, 0.29) is 18.2 Å². The Kier molecular flexibility index (Phi) is 4.93. The number of aromatic nitrogens is 5. The van der Waals surface area contributed by atoms with Crippen LogP contribution in [0.25, 0.3) is 0 Å². The lowest BCUT2D eigenvalue weighted by Crippen LogP contribution is -2.24. The summed E-state index contributed by atoms with van der Waals surface area (Å²) < 4.78 is 53.9. The van der Waals surface area contributed by atoms with Crippen molar-refractivity contribution in [3.8, 4) is 0 Å². The van der Waals surface area contributed by atoms with E-state index >= 15 is 0 Å². The van der Waals surface area contributed by atoms with Gasteiger partial charge in [-0.25, -0.2) is 14.1 Å². The van der Waals surface area contributed by atoms with Gasteiger partial charge in [0.15, 0.2) is 0 Å². The van der Waals surface area contributed by atoms with Crippen LogP contribution in [0.4, 0.5) is 23.5 Å². The number of benzene rings is 1. The highest BCUT2D eigenvalue weighted by molar-refractivity contribution is 5.88. The zero-order valence-corrected chi connectivity index (χ0v) is 14.0. The number of hydrogen-bond acceptors (Lipinski definition) is 4. The van der Waals surface area contributed by atoms with Gasteiger partial charge in [-0.05, 0) is 30.7 Å². The van der Waals surface area contributed by atoms with Gasteiger partial charge >= 0.3 is 6.18 Å².